The molecule has 1 fully saturated rings. The molecule has 6 heteroatoms. The van der Waals surface area contributed by atoms with Gasteiger partial charge in [0.25, 0.3) is 0 Å². The van der Waals surface area contributed by atoms with Gasteiger partial charge in [-0.05, 0) is 24.6 Å². The number of benzene rings is 2. The van der Waals surface area contributed by atoms with Gasteiger partial charge in [-0.2, -0.15) is 9.83 Å². The first kappa shape index (κ1) is 20.1. The lowest BCUT2D eigenvalue weighted by Gasteiger charge is -2.44. The van der Waals surface area contributed by atoms with Crippen LogP contribution in [0.3, 0.4) is 0 Å². The molecule has 0 amide bonds. The van der Waals surface area contributed by atoms with Crippen molar-refractivity contribution in [1.82, 2.24) is 5.32 Å². The largest absolute Gasteiger partial charge is 0.362 e. The number of hydrogen-bond donors (Lipinski definition) is 2. The van der Waals surface area contributed by atoms with E-state index in [1.54, 1.807) is 12.1 Å². The van der Waals surface area contributed by atoms with E-state index in [0.717, 1.165) is 11.1 Å². The summed E-state index contributed by atoms with van der Waals surface area (Å²) >= 11 is 5.53. The molecular weight excluding hydrogens is 397 g/mol. The maximum absolute atomic E-state index is 13.6. The Morgan fingerprint density at radius 2 is 1.70 bits per heavy atom. The first-order chi connectivity index (χ1) is 14.4. The fraction of sp³-hybridized carbons (Fsp3) is 0.208. The summed E-state index contributed by atoms with van der Waals surface area (Å²) in [6.45, 7) is 1.98. The van der Waals surface area contributed by atoms with Crippen molar-refractivity contribution >= 4 is 17.2 Å². The van der Waals surface area contributed by atoms with Gasteiger partial charge in [0.05, 0.1) is 17.0 Å². The fourth-order valence-corrected chi connectivity index (χ4v) is 4.55. The van der Waals surface area contributed by atoms with Crippen molar-refractivity contribution in [2.45, 2.75) is 24.6 Å². The third-order valence-electron chi connectivity index (χ3n) is 5.67. The summed E-state index contributed by atoms with van der Waals surface area (Å²) in [5.41, 5.74) is 0.872. The Balaban J connectivity index is 1.96. The fourth-order valence-electron chi connectivity index (χ4n) is 4.19. The monoisotopic (exact) mass is 418 g/mol. The summed E-state index contributed by atoms with van der Waals surface area (Å²) in [4.78, 5) is 0.266. The molecule has 1 saturated heterocycles. The molecule has 3 aromatic rings. The molecular formula is C24H21FN3OS+. The Kier molecular flexibility index (Phi) is 5.33. The number of hydrogen-bond acceptors (Lipinski definition) is 3. The molecule has 2 heterocycles. The smallest absolute Gasteiger partial charge is 0.227 e. The van der Waals surface area contributed by atoms with E-state index in [2.05, 4.69) is 11.4 Å². The predicted molar refractivity (Wildman–Crippen MR) is 115 cm³/mol. The van der Waals surface area contributed by atoms with Gasteiger partial charge in [0.15, 0.2) is 12.4 Å². The number of aromatic nitrogens is 1. The number of piperidine rings is 1. The van der Waals surface area contributed by atoms with Crippen molar-refractivity contribution in [1.29, 1.82) is 5.26 Å². The number of pyridine rings is 1. The SMILES string of the molecule is Cc1ccc([C@]2(O)NC(=S)[C@H](C#N)[C@H](c3ccc(F)cc3)[C@H]2[n+]2ccccc2)cc1. The summed E-state index contributed by atoms with van der Waals surface area (Å²) in [5.74, 6) is -1.54. The van der Waals surface area contributed by atoms with E-state index in [1.807, 2.05) is 66.3 Å². The van der Waals surface area contributed by atoms with Crippen molar-refractivity contribution < 1.29 is 14.1 Å². The number of aryl methyl sites for hydroxylation is 1. The minimum atomic E-state index is -1.57. The van der Waals surface area contributed by atoms with E-state index in [0.29, 0.717) is 5.56 Å². The highest BCUT2D eigenvalue weighted by atomic mass is 32.1. The van der Waals surface area contributed by atoms with Gasteiger partial charge in [0.2, 0.25) is 11.8 Å². The second-order valence-electron chi connectivity index (χ2n) is 7.57. The van der Waals surface area contributed by atoms with Crippen LogP contribution >= 0.6 is 12.2 Å². The van der Waals surface area contributed by atoms with Crippen LogP contribution in [0.5, 0.6) is 0 Å². The van der Waals surface area contributed by atoms with E-state index < -0.39 is 23.6 Å². The molecule has 0 unspecified atom stereocenters. The van der Waals surface area contributed by atoms with Gasteiger partial charge in [-0.15, -0.1) is 0 Å². The maximum Gasteiger partial charge on any atom is 0.227 e. The van der Waals surface area contributed by atoms with E-state index in [-0.39, 0.29) is 10.8 Å². The number of nitriles is 1. The minimum Gasteiger partial charge on any atom is -0.362 e. The van der Waals surface area contributed by atoms with Gasteiger partial charge in [-0.25, -0.2) is 4.39 Å². The zero-order valence-corrected chi connectivity index (χ0v) is 17.2. The molecule has 1 aliphatic heterocycles. The first-order valence-corrected chi connectivity index (χ1v) is 10.1. The molecule has 2 aromatic carbocycles. The highest BCUT2D eigenvalue weighted by Crippen LogP contribution is 2.46. The molecule has 1 aliphatic rings. The molecule has 4 atom stereocenters. The van der Waals surface area contributed by atoms with E-state index in [9.17, 15) is 14.8 Å². The second kappa shape index (κ2) is 7.94. The third-order valence-corrected chi connectivity index (χ3v) is 6.03. The van der Waals surface area contributed by atoms with Gasteiger partial charge >= 0.3 is 0 Å². The number of nitrogens with one attached hydrogen (secondary N) is 1. The van der Waals surface area contributed by atoms with Crippen molar-refractivity contribution in [3.8, 4) is 6.07 Å². The molecule has 1 aromatic heterocycles. The Bertz CT molecular complexity index is 1100. The average Bonchev–Trinajstić information content (AvgIpc) is 2.75. The lowest BCUT2D eigenvalue weighted by molar-refractivity contribution is -0.745. The van der Waals surface area contributed by atoms with Crippen LogP contribution in [0.2, 0.25) is 0 Å². The molecule has 4 rings (SSSR count). The Morgan fingerprint density at radius 3 is 2.30 bits per heavy atom. The Morgan fingerprint density at radius 1 is 1.07 bits per heavy atom. The molecule has 0 aliphatic carbocycles. The van der Waals surface area contributed by atoms with Crippen LogP contribution in [0.15, 0.2) is 79.1 Å². The molecule has 30 heavy (non-hydrogen) atoms. The second-order valence-corrected chi connectivity index (χ2v) is 8.01. The lowest BCUT2D eigenvalue weighted by Crippen LogP contribution is -2.66. The van der Waals surface area contributed by atoms with Crippen molar-refractivity contribution in [2.24, 2.45) is 5.92 Å². The van der Waals surface area contributed by atoms with Crippen LogP contribution in [-0.4, -0.2) is 10.1 Å². The molecule has 0 bridgehead atoms. The van der Waals surface area contributed by atoms with Crippen LogP contribution < -0.4 is 9.88 Å². The Labute approximate surface area is 180 Å². The van der Waals surface area contributed by atoms with Crippen molar-refractivity contribution in [3.05, 3.63) is 102 Å². The number of thiocarbonyl (C=S) groups is 1. The van der Waals surface area contributed by atoms with Crippen molar-refractivity contribution in [2.75, 3.05) is 0 Å². The number of halogens is 1. The summed E-state index contributed by atoms with van der Waals surface area (Å²) in [7, 11) is 0. The maximum atomic E-state index is 13.6. The lowest BCUT2D eigenvalue weighted by atomic mass is 9.71. The van der Waals surface area contributed by atoms with E-state index in [4.69, 9.17) is 12.2 Å². The van der Waals surface area contributed by atoms with E-state index >= 15 is 0 Å². The summed E-state index contributed by atoms with van der Waals surface area (Å²) in [5, 5.41) is 25.0. The van der Waals surface area contributed by atoms with Gasteiger partial charge < -0.3 is 10.4 Å². The molecule has 4 nitrogen and oxygen atoms in total. The average molecular weight is 419 g/mol. The third kappa shape index (κ3) is 3.47. The van der Waals surface area contributed by atoms with Crippen LogP contribution in [0.4, 0.5) is 4.39 Å². The Hall–Kier alpha value is -3.14. The zero-order chi connectivity index (χ0) is 21.3. The van der Waals surface area contributed by atoms with Gasteiger partial charge in [-0.1, -0.05) is 60.2 Å². The number of aliphatic hydroxyl groups is 1. The molecule has 0 saturated carbocycles. The number of nitrogens with zero attached hydrogens (tertiary/aromatic N) is 2. The van der Waals surface area contributed by atoms with E-state index in [1.165, 1.54) is 12.1 Å². The standard InChI is InChI=1S/C24H20FN3OS/c1-16-5-9-18(10-6-16)24(29)22(28-13-3-2-4-14-28)21(20(15-26)23(30)27-24)17-7-11-19(25)12-8-17/h2-14,20-22,29H,1H3/p+1/t20-,21+,22-,24-/m1/s1. The predicted octanol–water partition coefficient (Wildman–Crippen LogP) is 3.66. The molecule has 0 spiro atoms. The van der Waals surface area contributed by atoms with Crippen LogP contribution in [-0.2, 0) is 5.72 Å². The van der Waals surface area contributed by atoms with Gasteiger partial charge in [0, 0.05) is 17.7 Å². The normalized spacial score (nSPS) is 25.9. The van der Waals surface area contributed by atoms with Crippen LogP contribution in [0, 0.1) is 30.0 Å². The highest BCUT2D eigenvalue weighted by molar-refractivity contribution is 7.80. The van der Waals surface area contributed by atoms with Crippen LogP contribution in [0.25, 0.3) is 0 Å². The molecule has 0 radical (unpaired) electrons. The van der Waals surface area contributed by atoms with Gasteiger partial charge in [0.1, 0.15) is 11.7 Å². The quantitative estimate of drug-likeness (QED) is 0.503. The highest BCUT2D eigenvalue weighted by Gasteiger charge is 2.58. The number of rotatable bonds is 3. The molecule has 2 N–H and O–H groups in total. The zero-order valence-electron chi connectivity index (χ0n) is 16.4. The summed E-state index contributed by atoms with van der Waals surface area (Å²) in [6.07, 6.45) is 3.70. The molecule has 150 valence electrons. The summed E-state index contributed by atoms with van der Waals surface area (Å²) < 4.78 is 15.5. The van der Waals surface area contributed by atoms with Gasteiger partial charge in [-0.3, -0.25) is 0 Å². The van der Waals surface area contributed by atoms with Crippen LogP contribution in [0.1, 0.15) is 28.7 Å². The summed E-state index contributed by atoms with van der Waals surface area (Å²) in [6, 6.07) is 20.9. The topological polar surface area (TPSA) is 59.9 Å². The van der Waals surface area contributed by atoms with Crippen molar-refractivity contribution in [3.63, 3.8) is 0 Å². The minimum absolute atomic E-state index is 0.266. The first-order valence-electron chi connectivity index (χ1n) is 9.66.